The second kappa shape index (κ2) is 8.91. The van der Waals surface area contributed by atoms with E-state index in [1.807, 2.05) is 69.4 Å². The maximum Gasteiger partial charge on any atom is 0.251 e. The van der Waals surface area contributed by atoms with Crippen molar-refractivity contribution < 1.29 is 9.53 Å². The van der Waals surface area contributed by atoms with E-state index in [1.54, 1.807) is 0 Å². The number of nitrogen functional groups attached to an aromatic ring is 1. The molecule has 0 fully saturated rings. The predicted octanol–water partition coefficient (Wildman–Crippen LogP) is 6.15. The van der Waals surface area contributed by atoms with Crippen molar-refractivity contribution in [1.82, 2.24) is 10.3 Å². The molecule has 2 atom stereocenters. The molecule has 6 nitrogen and oxygen atoms in total. The van der Waals surface area contributed by atoms with E-state index in [0.717, 1.165) is 44.9 Å². The monoisotopic (exact) mass is 510 g/mol. The van der Waals surface area contributed by atoms with E-state index in [0.29, 0.717) is 22.9 Å². The maximum atomic E-state index is 13.1. The van der Waals surface area contributed by atoms with Gasteiger partial charge >= 0.3 is 0 Å². The van der Waals surface area contributed by atoms with Crippen LogP contribution in [0, 0.1) is 13.8 Å². The predicted molar refractivity (Wildman–Crippen MR) is 146 cm³/mol. The first-order chi connectivity index (χ1) is 17.8. The maximum absolute atomic E-state index is 13.1. The van der Waals surface area contributed by atoms with Crippen molar-refractivity contribution in [2.24, 2.45) is 0 Å². The molecule has 0 aliphatic carbocycles. The summed E-state index contributed by atoms with van der Waals surface area (Å²) in [5.41, 5.74) is 15.8. The van der Waals surface area contributed by atoms with Gasteiger partial charge in [-0.2, -0.15) is 0 Å². The van der Waals surface area contributed by atoms with Crippen molar-refractivity contribution in [2.45, 2.75) is 32.6 Å². The first kappa shape index (κ1) is 23.5. The number of nitrogens with two attached hydrogens (primary N) is 1. The van der Waals surface area contributed by atoms with Crippen LogP contribution in [0.15, 0.2) is 66.7 Å². The number of nitrogens with one attached hydrogen (secondary N) is 1. The molecule has 2 aliphatic rings. The molecular formula is C30H27ClN4O2. The average Bonchev–Trinajstić information content (AvgIpc) is 3.44. The number of rotatable bonds is 5. The topological polar surface area (TPSA) is 80.5 Å². The SMILES string of the molecule is Cc1cc(N)nc(C)c1CNC(=O)c1ccc2c(c1)C1OC2c2ccc(N(C)c3cccc(Cl)c3)cc21. The number of carbonyl (C=O) groups excluding carboxylic acids is 1. The molecule has 3 aromatic carbocycles. The van der Waals surface area contributed by atoms with Crippen LogP contribution in [0.25, 0.3) is 0 Å². The Bertz CT molecular complexity index is 1540. The van der Waals surface area contributed by atoms with Gasteiger partial charge in [0.15, 0.2) is 0 Å². The van der Waals surface area contributed by atoms with E-state index in [2.05, 4.69) is 33.4 Å². The molecule has 0 saturated carbocycles. The molecule has 3 N–H and O–H groups in total. The number of anilines is 3. The van der Waals surface area contributed by atoms with Gasteiger partial charge in [-0.1, -0.05) is 29.8 Å². The summed E-state index contributed by atoms with van der Waals surface area (Å²) in [7, 11) is 2.03. The number of benzene rings is 3. The van der Waals surface area contributed by atoms with Gasteiger partial charge in [0.2, 0.25) is 0 Å². The lowest BCUT2D eigenvalue weighted by Gasteiger charge is -2.23. The fourth-order valence-electron chi connectivity index (χ4n) is 5.44. The van der Waals surface area contributed by atoms with Gasteiger partial charge in [0, 0.05) is 41.2 Å². The van der Waals surface area contributed by atoms with Gasteiger partial charge in [-0.15, -0.1) is 0 Å². The Morgan fingerprint density at radius 2 is 1.68 bits per heavy atom. The molecule has 0 saturated heterocycles. The van der Waals surface area contributed by atoms with Crippen molar-refractivity contribution in [1.29, 1.82) is 0 Å². The summed E-state index contributed by atoms with van der Waals surface area (Å²) >= 11 is 6.21. The van der Waals surface area contributed by atoms with Crippen molar-refractivity contribution >= 4 is 34.7 Å². The number of nitrogens with zero attached hydrogens (tertiary/aromatic N) is 2. The van der Waals surface area contributed by atoms with Gasteiger partial charge in [0.1, 0.15) is 18.0 Å². The van der Waals surface area contributed by atoms with E-state index < -0.39 is 0 Å². The Kier molecular flexibility index (Phi) is 5.66. The number of halogens is 1. The lowest BCUT2D eigenvalue weighted by molar-refractivity contribution is 0.0857. The molecule has 6 rings (SSSR count). The van der Waals surface area contributed by atoms with Crippen LogP contribution in [-0.4, -0.2) is 17.9 Å². The van der Waals surface area contributed by atoms with Crippen LogP contribution >= 0.6 is 11.6 Å². The number of carbonyl (C=O) groups is 1. The van der Waals surface area contributed by atoms with E-state index in [9.17, 15) is 4.79 Å². The normalized spacial score (nSPS) is 16.9. The van der Waals surface area contributed by atoms with Crippen LogP contribution < -0.4 is 16.0 Å². The number of aromatic nitrogens is 1. The number of aryl methyl sites for hydroxylation is 2. The number of pyridine rings is 1. The van der Waals surface area contributed by atoms with Crippen LogP contribution in [-0.2, 0) is 11.3 Å². The highest BCUT2D eigenvalue weighted by molar-refractivity contribution is 6.30. The third kappa shape index (κ3) is 4.02. The Labute approximate surface area is 221 Å². The molecule has 2 bridgehead atoms. The number of amides is 1. The van der Waals surface area contributed by atoms with Gasteiger partial charge in [0.25, 0.3) is 5.91 Å². The van der Waals surface area contributed by atoms with E-state index in [4.69, 9.17) is 22.1 Å². The molecule has 1 aromatic heterocycles. The van der Waals surface area contributed by atoms with Crippen LogP contribution in [0.1, 0.15) is 61.6 Å². The summed E-state index contributed by atoms with van der Waals surface area (Å²) < 4.78 is 6.39. The molecule has 37 heavy (non-hydrogen) atoms. The third-order valence-corrected chi connectivity index (χ3v) is 7.64. The summed E-state index contributed by atoms with van der Waals surface area (Å²) in [6, 6.07) is 21.9. The summed E-state index contributed by atoms with van der Waals surface area (Å²) in [5.74, 6) is 0.358. The molecule has 1 amide bonds. The number of hydrogen-bond donors (Lipinski definition) is 2. The van der Waals surface area contributed by atoms with E-state index in [-0.39, 0.29) is 18.1 Å². The van der Waals surface area contributed by atoms with Crippen molar-refractivity contribution in [3.05, 3.63) is 116 Å². The standard InChI is InChI=1S/C30H27ClN4O2/c1-16-11-27(32)34-17(2)26(16)15-33-30(36)18-7-9-22-24(12-18)29-25-14-21(8-10-23(25)28(22)37-29)35(3)20-6-4-5-19(31)13-20/h4-14,28-29H,15H2,1-3H3,(H2,32,34)(H,33,36). The second-order valence-corrected chi connectivity index (χ2v) is 10.1. The summed E-state index contributed by atoms with van der Waals surface area (Å²) in [5, 5.41) is 3.74. The van der Waals surface area contributed by atoms with Gasteiger partial charge in [0.05, 0.1) is 0 Å². The van der Waals surface area contributed by atoms with E-state index >= 15 is 0 Å². The summed E-state index contributed by atoms with van der Waals surface area (Å²) in [6.45, 7) is 4.28. The molecule has 4 aromatic rings. The average molecular weight is 511 g/mol. The highest BCUT2D eigenvalue weighted by Gasteiger charge is 2.43. The highest BCUT2D eigenvalue weighted by Crippen LogP contribution is 2.55. The lowest BCUT2D eigenvalue weighted by atomic mass is 9.85. The molecule has 2 aliphatic heterocycles. The molecule has 0 spiro atoms. The van der Waals surface area contributed by atoms with Crippen LogP contribution in [0.2, 0.25) is 5.02 Å². The van der Waals surface area contributed by atoms with Gasteiger partial charge in [-0.25, -0.2) is 4.98 Å². The smallest absolute Gasteiger partial charge is 0.251 e. The minimum absolute atomic E-state index is 0.108. The number of ether oxygens (including phenoxy) is 1. The number of hydrogen-bond acceptors (Lipinski definition) is 5. The number of fused-ring (bicyclic) bond motifs is 8. The molecule has 3 heterocycles. The Balaban J connectivity index is 1.24. The third-order valence-electron chi connectivity index (χ3n) is 7.40. The minimum atomic E-state index is -0.193. The zero-order valence-corrected chi connectivity index (χ0v) is 21.6. The molecule has 2 unspecified atom stereocenters. The molecule has 7 heteroatoms. The van der Waals surface area contributed by atoms with Crippen LogP contribution in [0.4, 0.5) is 17.2 Å². The van der Waals surface area contributed by atoms with Crippen molar-refractivity contribution in [3.8, 4) is 0 Å². The quantitative estimate of drug-likeness (QED) is 0.336. The molecule has 0 radical (unpaired) electrons. The zero-order valence-electron chi connectivity index (χ0n) is 20.9. The van der Waals surface area contributed by atoms with Crippen LogP contribution in [0.5, 0.6) is 0 Å². The molecular weight excluding hydrogens is 484 g/mol. The first-order valence-corrected chi connectivity index (χ1v) is 12.6. The fourth-order valence-corrected chi connectivity index (χ4v) is 5.63. The van der Waals surface area contributed by atoms with Gasteiger partial charge in [-0.3, -0.25) is 4.79 Å². The van der Waals surface area contributed by atoms with E-state index in [1.165, 1.54) is 5.56 Å². The largest absolute Gasteiger partial charge is 0.384 e. The summed E-state index contributed by atoms with van der Waals surface area (Å²) in [4.78, 5) is 19.5. The minimum Gasteiger partial charge on any atom is -0.384 e. The Hall–Kier alpha value is -3.87. The second-order valence-electron chi connectivity index (χ2n) is 9.70. The lowest BCUT2D eigenvalue weighted by Crippen LogP contribution is -2.24. The Morgan fingerprint density at radius 1 is 0.973 bits per heavy atom. The fraction of sp³-hybridized carbons (Fsp3) is 0.200. The van der Waals surface area contributed by atoms with Gasteiger partial charge < -0.3 is 20.7 Å². The molecule has 186 valence electrons. The summed E-state index contributed by atoms with van der Waals surface area (Å²) in [6.07, 6.45) is -0.301. The van der Waals surface area contributed by atoms with Crippen LogP contribution in [0.3, 0.4) is 0 Å². The highest BCUT2D eigenvalue weighted by atomic mass is 35.5. The Morgan fingerprint density at radius 3 is 2.43 bits per heavy atom. The van der Waals surface area contributed by atoms with Crippen molar-refractivity contribution in [2.75, 3.05) is 17.7 Å². The van der Waals surface area contributed by atoms with Crippen molar-refractivity contribution in [3.63, 3.8) is 0 Å². The first-order valence-electron chi connectivity index (χ1n) is 12.2. The van der Waals surface area contributed by atoms with Gasteiger partial charge in [-0.05, 0) is 95.8 Å². The zero-order chi connectivity index (χ0) is 25.8.